The van der Waals surface area contributed by atoms with E-state index >= 15 is 0 Å². The van der Waals surface area contributed by atoms with Crippen LogP contribution in [-0.4, -0.2) is 45.1 Å². The van der Waals surface area contributed by atoms with E-state index in [9.17, 15) is 9.90 Å². The van der Waals surface area contributed by atoms with Gasteiger partial charge in [0.25, 0.3) is 5.91 Å². The van der Waals surface area contributed by atoms with Crippen LogP contribution >= 0.6 is 0 Å². The minimum absolute atomic E-state index is 0.0303. The highest BCUT2D eigenvalue weighted by atomic mass is 16.3. The highest BCUT2D eigenvalue weighted by Crippen LogP contribution is 2.19. The molecular weight excluding hydrogens is 292 g/mol. The lowest BCUT2D eigenvalue weighted by molar-refractivity contribution is 0.0764. The molecule has 0 bridgehead atoms. The van der Waals surface area contributed by atoms with Crippen molar-refractivity contribution < 1.29 is 9.90 Å². The third-order valence-corrected chi connectivity index (χ3v) is 4.09. The molecule has 1 amide bonds. The van der Waals surface area contributed by atoms with Crippen LogP contribution < -0.4 is 5.32 Å². The van der Waals surface area contributed by atoms with Crippen molar-refractivity contribution in [3.05, 3.63) is 54.0 Å². The zero-order valence-corrected chi connectivity index (χ0v) is 13.0. The van der Waals surface area contributed by atoms with E-state index in [1.165, 1.54) is 6.33 Å². The number of likely N-dealkylation sites (tertiary alicyclic amines) is 1. The number of hydrogen-bond donors (Lipinski definition) is 2. The smallest absolute Gasteiger partial charge is 0.253 e. The van der Waals surface area contributed by atoms with Crippen LogP contribution in [0.2, 0.25) is 0 Å². The first-order valence-corrected chi connectivity index (χ1v) is 7.69. The summed E-state index contributed by atoms with van der Waals surface area (Å²) in [4.78, 5) is 22.2. The molecule has 2 N–H and O–H groups in total. The molecule has 2 aromatic rings. The van der Waals surface area contributed by atoms with E-state index in [-0.39, 0.29) is 11.8 Å². The molecule has 1 aliphatic rings. The number of aliphatic hydroxyl groups excluding tert-OH is 1. The SMILES string of the molecule is C[C@@H]1CN(C(=O)c2cccc(CNc3ccncn3)c2)C[C@H]1O. The van der Waals surface area contributed by atoms with Crippen molar-refractivity contribution in [1.82, 2.24) is 14.9 Å². The highest BCUT2D eigenvalue weighted by molar-refractivity contribution is 5.94. The Morgan fingerprint density at radius 3 is 2.96 bits per heavy atom. The molecule has 1 fully saturated rings. The van der Waals surface area contributed by atoms with Crippen LogP contribution in [0.3, 0.4) is 0 Å². The van der Waals surface area contributed by atoms with Crippen LogP contribution in [0.25, 0.3) is 0 Å². The van der Waals surface area contributed by atoms with E-state index in [0.717, 1.165) is 11.4 Å². The van der Waals surface area contributed by atoms with Gasteiger partial charge in [-0.2, -0.15) is 0 Å². The maximum absolute atomic E-state index is 12.5. The van der Waals surface area contributed by atoms with Crippen molar-refractivity contribution in [3.8, 4) is 0 Å². The van der Waals surface area contributed by atoms with Crippen molar-refractivity contribution >= 4 is 11.7 Å². The summed E-state index contributed by atoms with van der Waals surface area (Å²) < 4.78 is 0. The predicted octanol–water partition coefficient (Wildman–Crippen LogP) is 1.54. The zero-order valence-electron chi connectivity index (χ0n) is 13.0. The van der Waals surface area contributed by atoms with Crippen LogP contribution in [0, 0.1) is 5.92 Å². The van der Waals surface area contributed by atoms with E-state index in [2.05, 4.69) is 15.3 Å². The lowest BCUT2D eigenvalue weighted by atomic mass is 10.1. The maximum Gasteiger partial charge on any atom is 0.253 e. The summed E-state index contributed by atoms with van der Waals surface area (Å²) in [5.74, 6) is 0.840. The van der Waals surface area contributed by atoms with E-state index in [4.69, 9.17) is 0 Å². The summed E-state index contributed by atoms with van der Waals surface area (Å²) in [7, 11) is 0. The van der Waals surface area contributed by atoms with Gasteiger partial charge < -0.3 is 15.3 Å². The van der Waals surface area contributed by atoms with Crippen LogP contribution in [0.5, 0.6) is 0 Å². The zero-order chi connectivity index (χ0) is 16.2. The number of amides is 1. The molecule has 0 aliphatic carbocycles. The van der Waals surface area contributed by atoms with E-state index in [0.29, 0.717) is 25.2 Å². The van der Waals surface area contributed by atoms with Gasteiger partial charge in [-0.3, -0.25) is 4.79 Å². The lowest BCUT2D eigenvalue weighted by Crippen LogP contribution is -2.29. The first-order chi connectivity index (χ1) is 11.1. The minimum Gasteiger partial charge on any atom is -0.391 e. The Balaban J connectivity index is 1.66. The van der Waals surface area contributed by atoms with Gasteiger partial charge >= 0.3 is 0 Å². The Kier molecular flexibility index (Phi) is 4.52. The van der Waals surface area contributed by atoms with Gasteiger partial charge in [0.05, 0.1) is 6.10 Å². The molecule has 120 valence electrons. The van der Waals surface area contributed by atoms with Crippen molar-refractivity contribution in [3.63, 3.8) is 0 Å². The van der Waals surface area contributed by atoms with E-state index < -0.39 is 6.10 Å². The van der Waals surface area contributed by atoms with Gasteiger partial charge in [-0.1, -0.05) is 19.1 Å². The number of aliphatic hydroxyl groups is 1. The Labute approximate surface area is 135 Å². The predicted molar refractivity (Wildman–Crippen MR) is 86.9 cm³/mol. The standard InChI is InChI=1S/C17H20N4O2/c1-12-9-21(10-15(12)22)17(23)14-4-2-3-13(7-14)8-19-16-5-6-18-11-20-16/h2-7,11-12,15,22H,8-10H2,1H3,(H,18,19,20)/t12-,15-/m1/s1. The summed E-state index contributed by atoms with van der Waals surface area (Å²) >= 11 is 0. The van der Waals surface area contributed by atoms with E-state index in [1.54, 1.807) is 17.2 Å². The fourth-order valence-corrected chi connectivity index (χ4v) is 2.70. The van der Waals surface area contributed by atoms with Gasteiger partial charge in [0.2, 0.25) is 0 Å². The quantitative estimate of drug-likeness (QED) is 0.895. The molecule has 3 rings (SSSR count). The van der Waals surface area contributed by atoms with Gasteiger partial charge in [-0.15, -0.1) is 0 Å². The van der Waals surface area contributed by atoms with Crippen molar-refractivity contribution in [1.29, 1.82) is 0 Å². The third kappa shape index (κ3) is 3.65. The number of anilines is 1. The Bertz CT molecular complexity index is 667. The number of carbonyl (C=O) groups is 1. The molecule has 0 spiro atoms. The summed E-state index contributed by atoms with van der Waals surface area (Å²) in [5, 5.41) is 13.0. The lowest BCUT2D eigenvalue weighted by Gasteiger charge is -2.16. The maximum atomic E-state index is 12.5. The topological polar surface area (TPSA) is 78.4 Å². The minimum atomic E-state index is -0.429. The van der Waals surface area contributed by atoms with Crippen molar-refractivity contribution in [2.75, 3.05) is 18.4 Å². The molecule has 6 nitrogen and oxygen atoms in total. The first-order valence-electron chi connectivity index (χ1n) is 7.69. The number of hydrogen-bond acceptors (Lipinski definition) is 5. The molecule has 2 atom stereocenters. The molecule has 1 saturated heterocycles. The second kappa shape index (κ2) is 6.75. The van der Waals surface area contributed by atoms with Crippen molar-refractivity contribution in [2.45, 2.75) is 19.6 Å². The second-order valence-corrected chi connectivity index (χ2v) is 5.90. The molecule has 23 heavy (non-hydrogen) atoms. The second-order valence-electron chi connectivity index (χ2n) is 5.90. The van der Waals surface area contributed by atoms with Crippen LogP contribution in [0.1, 0.15) is 22.8 Å². The highest BCUT2D eigenvalue weighted by Gasteiger charge is 2.31. The number of carbonyl (C=O) groups excluding carboxylic acids is 1. The van der Waals surface area contributed by atoms with Crippen LogP contribution in [-0.2, 0) is 6.54 Å². The Morgan fingerprint density at radius 1 is 1.39 bits per heavy atom. The number of nitrogens with zero attached hydrogens (tertiary/aromatic N) is 3. The van der Waals surface area contributed by atoms with Gasteiger partial charge in [-0.05, 0) is 23.8 Å². The largest absolute Gasteiger partial charge is 0.391 e. The third-order valence-electron chi connectivity index (χ3n) is 4.09. The summed E-state index contributed by atoms with van der Waals surface area (Å²) in [5.41, 5.74) is 1.65. The molecule has 1 aromatic heterocycles. The number of aromatic nitrogens is 2. The van der Waals surface area contributed by atoms with Gasteiger partial charge in [0.15, 0.2) is 0 Å². The number of benzene rings is 1. The molecule has 0 radical (unpaired) electrons. The number of rotatable bonds is 4. The summed E-state index contributed by atoms with van der Waals surface area (Å²) in [6.45, 7) is 3.55. The number of nitrogens with one attached hydrogen (secondary N) is 1. The van der Waals surface area contributed by atoms with Crippen molar-refractivity contribution in [2.24, 2.45) is 5.92 Å². The molecule has 1 aliphatic heterocycles. The van der Waals surface area contributed by atoms with Crippen LogP contribution in [0.4, 0.5) is 5.82 Å². The molecule has 0 saturated carbocycles. The van der Waals surface area contributed by atoms with E-state index in [1.807, 2.05) is 31.2 Å². The fourth-order valence-electron chi connectivity index (χ4n) is 2.70. The monoisotopic (exact) mass is 312 g/mol. The molecule has 0 unspecified atom stereocenters. The first kappa shape index (κ1) is 15.4. The molecular formula is C17H20N4O2. The fraction of sp³-hybridized carbons (Fsp3) is 0.353. The van der Waals surface area contributed by atoms with Gasteiger partial charge in [-0.25, -0.2) is 9.97 Å². The summed E-state index contributed by atoms with van der Waals surface area (Å²) in [6.07, 6.45) is 2.73. The molecule has 2 heterocycles. The Hall–Kier alpha value is -2.47. The normalized spacial score (nSPS) is 20.5. The van der Waals surface area contributed by atoms with Gasteiger partial charge in [0, 0.05) is 37.3 Å². The average molecular weight is 312 g/mol. The van der Waals surface area contributed by atoms with Crippen LogP contribution in [0.15, 0.2) is 42.9 Å². The average Bonchev–Trinajstić information content (AvgIpc) is 2.92. The molecule has 1 aromatic carbocycles. The van der Waals surface area contributed by atoms with Gasteiger partial charge in [0.1, 0.15) is 12.1 Å². The summed E-state index contributed by atoms with van der Waals surface area (Å²) in [6, 6.07) is 9.33. The Morgan fingerprint density at radius 2 is 2.26 bits per heavy atom. The number of β-amino-alcohol motifs (C(OH)–C–C–N with tert-alkyl or cyclic N) is 1. The molecule has 6 heteroatoms.